The molecule has 7 nitrogen and oxygen atoms in total. The van der Waals surface area contributed by atoms with Crippen molar-refractivity contribution >= 4 is 50.7 Å². The van der Waals surface area contributed by atoms with Crippen LogP contribution in [-0.4, -0.2) is 26.1 Å². The molecule has 1 amide bonds. The highest BCUT2D eigenvalue weighted by molar-refractivity contribution is 7.16. The summed E-state index contributed by atoms with van der Waals surface area (Å²) in [5.74, 6) is -0.462. The third kappa shape index (κ3) is 2.11. The molecule has 2 aromatic heterocycles. The molecule has 0 radical (unpaired) electrons. The fraction of sp³-hybridized carbons (Fsp3) is 0. The van der Waals surface area contributed by atoms with Gasteiger partial charge >= 0.3 is 0 Å². The minimum Gasteiger partial charge on any atom is -0.366 e. The number of hydrogen-bond donors (Lipinski definition) is 3. The largest absolute Gasteiger partial charge is 0.366 e. The summed E-state index contributed by atoms with van der Waals surface area (Å²) in [4.78, 5) is 19.9. The van der Waals surface area contributed by atoms with Crippen LogP contribution in [0.3, 0.4) is 0 Å². The van der Waals surface area contributed by atoms with Crippen LogP contribution in [0.4, 0.5) is 11.6 Å². The molecule has 0 fully saturated rings. The number of H-pyrrole nitrogens is 1. The molecule has 1 aromatic carbocycles. The summed E-state index contributed by atoms with van der Waals surface area (Å²) in [6.07, 6.45) is 0. The Labute approximate surface area is 115 Å². The zero-order chi connectivity index (χ0) is 13.4. The summed E-state index contributed by atoms with van der Waals surface area (Å²) in [5, 5.41) is 9.07. The number of aromatic amines is 1. The predicted octanol–water partition coefficient (Wildman–Crippen LogP) is 1.90. The SMILES string of the molecule is Nc1n[nH]c(C(=O)Nc2c(Cl)ccc3scnc23)n1. The monoisotopic (exact) mass is 294 g/mol. The molecule has 9 heteroatoms. The van der Waals surface area contributed by atoms with E-state index in [1.165, 1.54) is 11.3 Å². The fourth-order valence-electron chi connectivity index (χ4n) is 1.57. The highest BCUT2D eigenvalue weighted by Crippen LogP contribution is 2.32. The quantitative estimate of drug-likeness (QED) is 0.668. The molecule has 0 bridgehead atoms. The molecular weight excluding hydrogens is 288 g/mol. The van der Waals surface area contributed by atoms with E-state index in [0.717, 1.165) is 4.70 Å². The van der Waals surface area contributed by atoms with Crippen molar-refractivity contribution in [1.82, 2.24) is 20.2 Å². The number of rotatable bonds is 2. The first-order valence-electron chi connectivity index (χ1n) is 5.16. The van der Waals surface area contributed by atoms with Gasteiger partial charge in [0.1, 0.15) is 5.52 Å². The number of benzene rings is 1. The molecule has 3 aromatic rings. The smallest absolute Gasteiger partial charge is 0.293 e. The summed E-state index contributed by atoms with van der Waals surface area (Å²) in [6.45, 7) is 0. The number of carbonyl (C=O) groups is 1. The summed E-state index contributed by atoms with van der Waals surface area (Å²) in [6, 6.07) is 3.55. The lowest BCUT2D eigenvalue weighted by Gasteiger charge is -2.06. The van der Waals surface area contributed by atoms with Gasteiger partial charge < -0.3 is 11.1 Å². The number of anilines is 2. The lowest BCUT2D eigenvalue weighted by atomic mass is 10.3. The molecule has 0 saturated carbocycles. The minimum absolute atomic E-state index is 0.00288. The van der Waals surface area contributed by atoms with Crippen molar-refractivity contribution in [3.05, 3.63) is 28.5 Å². The Bertz CT molecular complexity index is 766. The average Bonchev–Trinajstić information content (AvgIpc) is 3.01. The number of amides is 1. The van der Waals surface area contributed by atoms with Crippen LogP contribution in [0.5, 0.6) is 0 Å². The number of nitrogens with zero attached hydrogens (tertiary/aromatic N) is 3. The van der Waals surface area contributed by atoms with Gasteiger partial charge in [0.2, 0.25) is 11.8 Å². The standard InChI is InChI=1S/C10H7ClN6OS/c11-4-1-2-5-7(13-3-19-5)6(4)14-9(18)8-15-10(12)17-16-8/h1-3H,(H,14,18)(H3,12,15,16,17). The van der Waals surface area contributed by atoms with Crippen molar-refractivity contribution < 1.29 is 4.79 Å². The topological polar surface area (TPSA) is 110 Å². The summed E-state index contributed by atoms with van der Waals surface area (Å²) < 4.78 is 0.928. The van der Waals surface area contributed by atoms with Crippen LogP contribution in [-0.2, 0) is 0 Å². The fourth-order valence-corrected chi connectivity index (χ4v) is 2.46. The van der Waals surface area contributed by atoms with Gasteiger partial charge in [-0.25, -0.2) is 4.98 Å². The first kappa shape index (κ1) is 11.9. The molecular formula is C10H7ClN6OS. The van der Waals surface area contributed by atoms with Gasteiger partial charge in [-0.15, -0.1) is 16.4 Å². The molecule has 0 aliphatic rings. The molecule has 3 rings (SSSR count). The number of halogens is 1. The Morgan fingerprint density at radius 2 is 2.32 bits per heavy atom. The van der Waals surface area contributed by atoms with Crippen molar-refractivity contribution in [2.75, 3.05) is 11.1 Å². The van der Waals surface area contributed by atoms with Gasteiger partial charge in [-0.1, -0.05) is 11.6 Å². The van der Waals surface area contributed by atoms with Crippen LogP contribution in [0, 0.1) is 0 Å². The van der Waals surface area contributed by atoms with Crippen molar-refractivity contribution in [2.24, 2.45) is 0 Å². The van der Waals surface area contributed by atoms with E-state index in [2.05, 4.69) is 25.5 Å². The van der Waals surface area contributed by atoms with Gasteiger partial charge in [-0.3, -0.25) is 9.89 Å². The lowest BCUT2D eigenvalue weighted by Crippen LogP contribution is -2.14. The molecule has 96 valence electrons. The van der Waals surface area contributed by atoms with E-state index in [1.54, 1.807) is 11.6 Å². The van der Waals surface area contributed by atoms with Crippen molar-refractivity contribution in [1.29, 1.82) is 0 Å². The Morgan fingerprint density at radius 3 is 3.05 bits per heavy atom. The normalized spacial score (nSPS) is 10.8. The van der Waals surface area contributed by atoms with Gasteiger partial charge in [0.25, 0.3) is 5.91 Å². The molecule has 0 aliphatic heterocycles. The molecule has 19 heavy (non-hydrogen) atoms. The van der Waals surface area contributed by atoms with Crippen LogP contribution in [0.25, 0.3) is 10.2 Å². The number of nitrogens with one attached hydrogen (secondary N) is 2. The average molecular weight is 295 g/mol. The van der Waals surface area contributed by atoms with Gasteiger partial charge in [-0.05, 0) is 12.1 Å². The number of aromatic nitrogens is 4. The molecule has 0 aliphatic carbocycles. The van der Waals surface area contributed by atoms with E-state index in [0.29, 0.717) is 16.2 Å². The third-order valence-electron chi connectivity index (χ3n) is 2.41. The number of fused-ring (bicyclic) bond motifs is 1. The van der Waals surface area contributed by atoms with E-state index >= 15 is 0 Å². The van der Waals surface area contributed by atoms with E-state index in [1.807, 2.05) is 6.07 Å². The number of thiazole rings is 1. The van der Waals surface area contributed by atoms with E-state index in [4.69, 9.17) is 17.3 Å². The minimum atomic E-state index is -0.480. The van der Waals surface area contributed by atoms with Gasteiger partial charge in [0.05, 0.1) is 20.9 Å². The van der Waals surface area contributed by atoms with Crippen LogP contribution < -0.4 is 11.1 Å². The number of nitrogen functional groups attached to an aromatic ring is 1. The Hall–Kier alpha value is -2.19. The third-order valence-corrected chi connectivity index (χ3v) is 3.52. The molecule has 2 heterocycles. The maximum absolute atomic E-state index is 12.0. The molecule has 0 saturated heterocycles. The van der Waals surface area contributed by atoms with Crippen molar-refractivity contribution in [2.45, 2.75) is 0 Å². The zero-order valence-electron chi connectivity index (χ0n) is 9.35. The first-order valence-corrected chi connectivity index (χ1v) is 6.42. The lowest BCUT2D eigenvalue weighted by molar-refractivity contribution is 0.101. The number of nitrogens with two attached hydrogens (primary N) is 1. The van der Waals surface area contributed by atoms with Gasteiger partial charge in [-0.2, -0.15) is 4.98 Å². The summed E-state index contributed by atoms with van der Waals surface area (Å²) in [5.41, 5.74) is 8.11. The van der Waals surface area contributed by atoms with Crippen molar-refractivity contribution in [3.8, 4) is 0 Å². The van der Waals surface area contributed by atoms with Crippen LogP contribution in [0.2, 0.25) is 5.02 Å². The predicted molar refractivity (Wildman–Crippen MR) is 73.4 cm³/mol. The maximum atomic E-state index is 12.0. The highest BCUT2D eigenvalue weighted by atomic mass is 35.5. The second kappa shape index (κ2) is 4.48. The second-order valence-electron chi connectivity index (χ2n) is 3.62. The van der Waals surface area contributed by atoms with E-state index in [-0.39, 0.29) is 11.8 Å². The van der Waals surface area contributed by atoms with Gasteiger partial charge in [0.15, 0.2) is 0 Å². The first-order chi connectivity index (χ1) is 9.15. The molecule has 4 N–H and O–H groups in total. The summed E-state index contributed by atoms with van der Waals surface area (Å²) in [7, 11) is 0. The summed E-state index contributed by atoms with van der Waals surface area (Å²) >= 11 is 7.54. The molecule has 0 spiro atoms. The Balaban J connectivity index is 1.99. The second-order valence-corrected chi connectivity index (χ2v) is 4.91. The van der Waals surface area contributed by atoms with E-state index < -0.39 is 5.91 Å². The zero-order valence-corrected chi connectivity index (χ0v) is 10.9. The van der Waals surface area contributed by atoms with E-state index in [9.17, 15) is 4.79 Å². The number of carbonyl (C=O) groups excluding carboxylic acids is 1. The molecule has 0 atom stereocenters. The maximum Gasteiger partial charge on any atom is 0.293 e. The van der Waals surface area contributed by atoms with Crippen LogP contribution in [0.15, 0.2) is 17.6 Å². The highest BCUT2D eigenvalue weighted by Gasteiger charge is 2.15. The number of hydrogen-bond acceptors (Lipinski definition) is 6. The molecule has 0 unspecified atom stereocenters. The Kier molecular flexibility index (Phi) is 2.80. The van der Waals surface area contributed by atoms with Gasteiger partial charge in [0, 0.05) is 0 Å². The van der Waals surface area contributed by atoms with Crippen molar-refractivity contribution in [3.63, 3.8) is 0 Å². The van der Waals surface area contributed by atoms with Crippen LogP contribution in [0.1, 0.15) is 10.6 Å². The Morgan fingerprint density at radius 1 is 1.47 bits per heavy atom. The van der Waals surface area contributed by atoms with Crippen LogP contribution >= 0.6 is 22.9 Å².